The number of piperazine rings is 1. The molecule has 3 rings (SSSR count). The van der Waals surface area contributed by atoms with Gasteiger partial charge in [-0.1, -0.05) is 43.0 Å². The smallest absolute Gasteiger partial charge is 0.0728 e. The predicted molar refractivity (Wildman–Crippen MR) is 101 cm³/mol. The minimum absolute atomic E-state index is 0.133. The van der Waals surface area contributed by atoms with Gasteiger partial charge in [0.05, 0.1) is 5.60 Å². The predicted octanol–water partition coefficient (Wildman–Crippen LogP) is 3.80. The van der Waals surface area contributed by atoms with E-state index in [1.165, 1.54) is 12.0 Å². The van der Waals surface area contributed by atoms with Crippen LogP contribution in [0.1, 0.15) is 57.4 Å². The second-order valence-corrected chi connectivity index (χ2v) is 8.40. The molecule has 134 valence electrons. The van der Waals surface area contributed by atoms with Gasteiger partial charge in [-0.05, 0) is 44.4 Å². The van der Waals surface area contributed by atoms with Crippen LogP contribution in [0.4, 0.5) is 0 Å². The Labute approximate surface area is 151 Å². The molecule has 1 unspecified atom stereocenters. The number of rotatable bonds is 4. The van der Waals surface area contributed by atoms with E-state index >= 15 is 0 Å². The van der Waals surface area contributed by atoms with Gasteiger partial charge in [0.2, 0.25) is 0 Å². The lowest BCUT2D eigenvalue weighted by molar-refractivity contribution is -0.0337. The highest BCUT2D eigenvalue weighted by atomic mass is 35.5. The molecule has 1 aromatic rings. The highest BCUT2D eigenvalue weighted by Gasteiger charge is 2.40. The van der Waals surface area contributed by atoms with Gasteiger partial charge in [-0.15, -0.1) is 0 Å². The molecule has 1 saturated carbocycles. The molecule has 1 aliphatic carbocycles. The summed E-state index contributed by atoms with van der Waals surface area (Å²) in [6.45, 7) is 7.47. The summed E-state index contributed by atoms with van der Waals surface area (Å²) in [6.07, 6.45) is 5.30. The molecule has 3 atom stereocenters. The van der Waals surface area contributed by atoms with Gasteiger partial charge in [0.25, 0.3) is 0 Å². The highest BCUT2D eigenvalue weighted by molar-refractivity contribution is 6.30. The van der Waals surface area contributed by atoms with E-state index in [-0.39, 0.29) is 5.92 Å². The van der Waals surface area contributed by atoms with Crippen LogP contribution in [0.25, 0.3) is 0 Å². The molecule has 0 spiro atoms. The van der Waals surface area contributed by atoms with Gasteiger partial charge >= 0.3 is 0 Å². The summed E-state index contributed by atoms with van der Waals surface area (Å²) in [5, 5.41) is 15.8. The quantitative estimate of drug-likeness (QED) is 0.867. The Morgan fingerprint density at radius 1 is 1.21 bits per heavy atom. The zero-order valence-corrected chi connectivity index (χ0v) is 15.7. The summed E-state index contributed by atoms with van der Waals surface area (Å²) in [4.78, 5) is 2.52. The lowest BCUT2D eigenvalue weighted by atomic mass is 9.72. The van der Waals surface area contributed by atoms with Gasteiger partial charge in [0, 0.05) is 42.7 Å². The monoisotopic (exact) mass is 350 g/mol. The number of nitrogens with zero attached hydrogens (tertiary/aromatic N) is 1. The maximum atomic E-state index is 11.5. The lowest BCUT2D eigenvalue weighted by Crippen LogP contribution is -2.56. The fourth-order valence-corrected chi connectivity index (χ4v) is 4.87. The average molecular weight is 351 g/mol. The zero-order chi connectivity index (χ0) is 17.2. The van der Waals surface area contributed by atoms with Crippen molar-refractivity contribution < 1.29 is 5.11 Å². The van der Waals surface area contributed by atoms with Crippen LogP contribution in [0.2, 0.25) is 5.02 Å². The first-order valence-electron chi connectivity index (χ1n) is 9.42. The van der Waals surface area contributed by atoms with Gasteiger partial charge in [-0.3, -0.25) is 4.90 Å². The van der Waals surface area contributed by atoms with Crippen molar-refractivity contribution in [2.24, 2.45) is 0 Å². The van der Waals surface area contributed by atoms with Gasteiger partial charge < -0.3 is 10.4 Å². The van der Waals surface area contributed by atoms with E-state index in [0.29, 0.717) is 12.1 Å². The van der Waals surface area contributed by atoms with Crippen molar-refractivity contribution in [3.8, 4) is 0 Å². The fourth-order valence-electron chi connectivity index (χ4n) is 4.67. The first kappa shape index (κ1) is 18.2. The number of benzene rings is 1. The third-order valence-electron chi connectivity index (χ3n) is 5.69. The summed E-state index contributed by atoms with van der Waals surface area (Å²) in [6, 6.07) is 9.11. The fraction of sp³-hybridized carbons (Fsp3) is 0.700. The van der Waals surface area contributed by atoms with Crippen LogP contribution in [0.5, 0.6) is 0 Å². The maximum Gasteiger partial charge on any atom is 0.0728 e. The largest absolute Gasteiger partial charge is 0.389 e. The lowest BCUT2D eigenvalue weighted by Gasteiger charge is -2.44. The van der Waals surface area contributed by atoms with Crippen LogP contribution >= 0.6 is 11.6 Å². The molecular formula is C20H31ClN2O. The van der Waals surface area contributed by atoms with Crippen molar-refractivity contribution in [1.29, 1.82) is 0 Å². The molecule has 1 heterocycles. The third-order valence-corrected chi connectivity index (χ3v) is 5.93. The number of nitrogens with one attached hydrogen (secondary N) is 1. The molecule has 0 amide bonds. The molecule has 0 radical (unpaired) electrons. The minimum atomic E-state index is -0.597. The van der Waals surface area contributed by atoms with E-state index in [4.69, 9.17) is 11.6 Å². The van der Waals surface area contributed by atoms with Crippen molar-refractivity contribution >= 4 is 11.6 Å². The van der Waals surface area contributed by atoms with Crippen LogP contribution in [0, 0.1) is 0 Å². The number of hydrogen-bond acceptors (Lipinski definition) is 3. The normalized spacial score (nSPS) is 29.3. The first-order valence-corrected chi connectivity index (χ1v) is 9.80. The molecule has 4 heteroatoms. The van der Waals surface area contributed by atoms with E-state index in [9.17, 15) is 5.11 Å². The summed E-state index contributed by atoms with van der Waals surface area (Å²) >= 11 is 6.26. The van der Waals surface area contributed by atoms with Crippen LogP contribution in [0.15, 0.2) is 24.3 Å². The number of aliphatic hydroxyl groups is 1. The average Bonchev–Trinajstić information content (AvgIpc) is 2.52. The van der Waals surface area contributed by atoms with Crippen molar-refractivity contribution in [2.75, 3.05) is 19.6 Å². The van der Waals surface area contributed by atoms with E-state index in [2.05, 4.69) is 30.1 Å². The van der Waals surface area contributed by atoms with Crippen LogP contribution in [-0.4, -0.2) is 47.3 Å². The standard InChI is InChI=1S/C20H31ClN2O/c1-15-12-23(13-16(2)22-15)14-19(17-7-6-8-18(21)11-17)20(24)9-4-3-5-10-20/h6-8,11,15-16,19,22,24H,3-5,9-10,12-14H2,1-2H3/t15-,16-,19?/m0/s1. The Kier molecular flexibility index (Phi) is 5.86. The Morgan fingerprint density at radius 2 is 1.88 bits per heavy atom. The molecule has 24 heavy (non-hydrogen) atoms. The third kappa shape index (κ3) is 4.32. The summed E-state index contributed by atoms with van der Waals surface area (Å²) in [5.74, 6) is 0.133. The van der Waals surface area contributed by atoms with Gasteiger partial charge in [0.15, 0.2) is 0 Å². The van der Waals surface area contributed by atoms with Crippen molar-refractivity contribution in [3.63, 3.8) is 0 Å². The van der Waals surface area contributed by atoms with E-state index in [1.54, 1.807) is 0 Å². The SMILES string of the molecule is C[C@H]1CN(CC(c2cccc(Cl)c2)C2(O)CCCCC2)C[C@H](C)N1. The molecule has 2 fully saturated rings. The van der Waals surface area contributed by atoms with E-state index < -0.39 is 5.60 Å². The number of hydrogen-bond donors (Lipinski definition) is 2. The molecule has 1 saturated heterocycles. The molecule has 0 aromatic heterocycles. The topological polar surface area (TPSA) is 35.5 Å². The minimum Gasteiger partial charge on any atom is -0.389 e. The summed E-state index contributed by atoms with van der Waals surface area (Å²) < 4.78 is 0. The molecule has 1 aromatic carbocycles. The van der Waals surface area contributed by atoms with Crippen molar-refractivity contribution in [1.82, 2.24) is 10.2 Å². The van der Waals surface area contributed by atoms with E-state index in [1.807, 2.05) is 18.2 Å². The Hall–Kier alpha value is -0.610. The maximum absolute atomic E-state index is 11.5. The van der Waals surface area contributed by atoms with Crippen molar-refractivity contribution in [3.05, 3.63) is 34.9 Å². The molecule has 2 aliphatic rings. The van der Waals surface area contributed by atoms with Crippen molar-refractivity contribution in [2.45, 2.75) is 69.6 Å². The molecule has 3 nitrogen and oxygen atoms in total. The Balaban J connectivity index is 1.84. The van der Waals surface area contributed by atoms with Crippen LogP contribution in [-0.2, 0) is 0 Å². The molecule has 0 bridgehead atoms. The second kappa shape index (κ2) is 7.74. The molecular weight excluding hydrogens is 320 g/mol. The van der Waals surface area contributed by atoms with Gasteiger partial charge in [-0.25, -0.2) is 0 Å². The van der Waals surface area contributed by atoms with E-state index in [0.717, 1.165) is 50.3 Å². The van der Waals surface area contributed by atoms with Gasteiger partial charge in [-0.2, -0.15) is 0 Å². The Morgan fingerprint density at radius 3 is 2.50 bits per heavy atom. The first-order chi connectivity index (χ1) is 11.5. The Bertz CT molecular complexity index is 534. The second-order valence-electron chi connectivity index (χ2n) is 7.96. The number of halogens is 1. The summed E-state index contributed by atoms with van der Waals surface area (Å²) in [5.41, 5.74) is 0.589. The van der Waals surface area contributed by atoms with Crippen LogP contribution < -0.4 is 5.32 Å². The van der Waals surface area contributed by atoms with Crippen LogP contribution in [0.3, 0.4) is 0 Å². The zero-order valence-electron chi connectivity index (χ0n) is 15.0. The van der Waals surface area contributed by atoms with Gasteiger partial charge in [0.1, 0.15) is 0 Å². The summed E-state index contributed by atoms with van der Waals surface area (Å²) in [7, 11) is 0. The molecule has 1 aliphatic heterocycles. The molecule has 2 N–H and O–H groups in total. The highest BCUT2D eigenvalue weighted by Crippen LogP contribution is 2.41.